The summed E-state index contributed by atoms with van der Waals surface area (Å²) < 4.78 is 0. The zero-order chi connectivity index (χ0) is 18.9. The van der Waals surface area contributed by atoms with Gasteiger partial charge in [-0.3, -0.25) is 14.5 Å². The number of aliphatic hydroxyl groups is 1. The summed E-state index contributed by atoms with van der Waals surface area (Å²) in [6.45, 7) is 0.125. The molecule has 26 heavy (non-hydrogen) atoms. The Morgan fingerprint density at radius 3 is 2.73 bits per heavy atom. The zero-order valence-electron chi connectivity index (χ0n) is 14.8. The second kappa shape index (κ2) is 10.2. The van der Waals surface area contributed by atoms with Gasteiger partial charge in [0.1, 0.15) is 6.04 Å². The van der Waals surface area contributed by atoms with E-state index in [1.165, 1.54) is 0 Å². The van der Waals surface area contributed by atoms with Gasteiger partial charge in [0, 0.05) is 6.54 Å². The molecule has 142 valence electrons. The van der Waals surface area contributed by atoms with E-state index in [2.05, 4.69) is 10.6 Å². The third-order valence-electron chi connectivity index (χ3n) is 4.22. The Kier molecular flexibility index (Phi) is 7.93. The molecule has 4 amide bonds. The van der Waals surface area contributed by atoms with Crippen molar-refractivity contribution in [1.82, 2.24) is 15.5 Å². The predicted octanol–water partition coefficient (Wildman–Crippen LogP) is 0.770. The molecule has 2 unspecified atom stereocenters. The fourth-order valence-electron chi connectivity index (χ4n) is 2.75. The van der Waals surface area contributed by atoms with Crippen molar-refractivity contribution < 1.29 is 19.5 Å². The van der Waals surface area contributed by atoms with E-state index in [4.69, 9.17) is 0 Å². The molecule has 0 bridgehead atoms. The molecule has 7 nitrogen and oxygen atoms in total. The number of carbonyl (C=O) groups excluding carboxylic acids is 3. The van der Waals surface area contributed by atoms with Gasteiger partial charge in [-0.1, -0.05) is 30.3 Å². The van der Waals surface area contributed by atoms with E-state index in [0.29, 0.717) is 12.8 Å². The van der Waals surface area contributed by atoms with Crippen molar-refractivity contribution >= 4 is 29.6 Å². The summed E-state index contributed by atoms with van der Waals surface area (Å²) in [6, 6.07) is 7.94. The van der Waals surface area contributed by atoms with Crippen LogP contribution in [0.1, 0.15) is 18.4 Å². The summed E-state index contributed by atoms with van der Waals surface area (Å²) in [5, 5.41) is 14.6. The normalized spacial score (nSPS) is 17.9. The number of hydrogen-bond donors (Lipinski definition) is 3. The number of benzene rings is 1. The SMILES string of the molecule is CSCCC(CO)NC(=O)CC1NC(=O)N(CCc2ccccc2)C1=O. The highest BCUT2D eigenvalue weighted by molar-refractivity contribution is 7.98. The number of amides is 4. The second-order valence-electron chi connectivity index (χ2n) is 6.16. The van der Waals surface area contributed by atoms with Crippen LogP contribution in [0.2, 0.25) is 0 Å². The fourth-order valence-corrected chi connectivity index (χ4v) is 3.27. The van der Waals surface area contributed by atoms with Crippen LogP contribution in [0.15, 0.2) is 30.3 Å². The topological polar surface area (TPSA) is 98.7 Å². The number of nitrogens with zero attached hydrogens (tertiary/aromatic N) is 1. The first-order chi connectivity index (χ1) is 12.5. The van der Waals surface area contributed by atoms with Crippen LogP contribution in [0.5, 0.6) is 0 Å². The lowest BCUT2D eigenvalue weighted by atomic mass is 10.1. The molecular formula is C18H25N3O4S. The highest BCUT2D eigenvalue weighted by Gasteiger charge is 2.38. The molecule has 3 N–H and O–H groups in total. The number of urea groups is 1. The van der Waals surface area contributed by atoms with Crippen molar-refractivity contribution in [2.24, 2.45) is 0 Å². The Morgan fingerprint density at radius 2 is 2.08 bits per heavy atom. The summed E-state index contributed by atoms with van der Waals surface area (Å²) in [4.78, 5) is 37.7. The van der Waals surface area contributed by atoms with Crippen molar-refractivity contribution in [3.63, 3.8) is 0 Å². The van der Waals surface area contributed by atoms with Crippen LogP contribution in [0.4, 0.5) is 4.79 Å². The first-order valence-electron chi connectivity index (χ1n) is 8.60. The summed E-state index contributed by atoms with van der Waals surface area (Å²) in [5.41, 5.74) is 1.04. The molecule has 0 spiro atoms. The van der Waals surface area contributed by atoms with Gasteiger partial charge in [-0.05, 0) is 30.4 Å². The van der Waals surface area contributed by atoms with E-state index >= 15 is 0 Å². The van der Waals surface area contributed by atoms with Gasteiger partial charge in [0.05, 0.1) is 19.1 Å². The molecule has 1 saturated heterocycles. The Morgan fingerprint density at radius 1 is 1.35 bits per heavy atom. The molecule has 1 fully saturated rings. The molecule has 1 aliphatic rings. The minimum absolute atomic E-state index is 0.123. The molecular weight excluding hydrogens is 354 g/mol. The summed E-state index contributed by atoms with van der Waals surface area (Å²) in [5.74, 6) is 0.0807. The molecule has 0 saturated carbocycles. The minimum Gasteiger partial charge on any atom is -0.394 e. The number of nitrogens with one attached hydrogen (secondary N) is 2. The van der Waals surface area contributed by atoms with Crippen LogP contribution in [0.3, 0.4) is 0 Å². The van der Waals surface area contributed by atoms with Crippen LogP contribution in [0.25, 0.3) is 0 Å². The van der Waals surface area contributed by atoms with E-state index in [-0.39, 0.29) is 37.4 Å². The summed E-state index contributed by atoms with van der Waals surface area (Å²) >= 11 is 1.63. The van der Waals surface area contributed by atoms with Gasteiger partial charge in [-0.25, -0.2) is 4.79 Å². The zero-order valence-corrected chi connectivity index (χ0v) is 15.6. The van der Waals surface area contributed by atoms with Gasteiger partial charge in [0.2, 0.25) is 5.91 Å². The van der Waals surface area contributed by atoms with Gasteiger partial charge in [0.15, 0.2) is 0 Å². The van der Waals surface area contributed by atoms with Gasteiger partial charge >= 0.3 is 6.03 Å². The van der Waals surface area contributed by atoms with Gasteiger partial charge < -0.3 is 15.7 Å². The van der Waals surface area contributed by atoms with E-state index in [1.807, 2.05) is 36.6 Å². The van der Waals surface area contributed by atoms with Crippen molar-refractivity contribution in [3.8, 4) is 0 Å². The Bertz CT molecular complexity index is 626. The minimum atomic E-state index is -0.849. The molecule has 0 aliphatic carbocycles. The maximum atomic E-state index is 12.4. The van der Waals surface area contributed by atoms with Gasteiger partial charge in [0.25, 0.3) is 5.91 Å². The second-order valence-corrected chi connectivity index (χ2v) is 7.15. The van der Waals surface area contributed by atoms with E-state index in [9.17, 15) is 19.5 Å². The van der Waals surface area contributed by atoms with Gasteiger partial charge in [-0.15, -0.1) is 0 Å². The number of aliphatic hydroxyl groups excluding tert-OH is 1. The van der Waals surface area contributed by atoms with Crippen molar-refractivity contribution in [2.45, 2.75) is 31.3 Å². The number of carbonyl (C=O) groups is 3. The first kappa shape index (κ1) is 20.3. The molecule has 1 heterocycles. The van der Waals surface area contributed by atoms with Crippen LogP contribution in [-0.4, -0.2) is 65.1 Å². The van der Waals surface area contributed by atoms with Gasteiger partial charge in [-0.2, -0.15) is 11.8 Å². The van der Waals surface area contributed by atoms with Crippen LogP contribution in [-0.2, 0) is 16.0 Å². The molecule has 8 heteroatoms. The van der Waals surface area contributed by atoms with Crippen molar-refractivity contribution in [2.75, 3.05) is 25.2 Å². The van der Waals surface area contributed by atoms with E-state index < -0.39 is 12.1 Å². The Labute approximate surface area is 157 Å². The third kappa shape index (κ3) is 5.74. The van der Waals surface area contributed by atoms with E-state index in [0.717, 1.165) is 16.2 Å². The maximum absolute atomic E-state index is 12.4. The predicted molar refractivity (Wildman–Crippen MR) is 101 cm³/mol. The lowest BCUT2D eigenvalue weighted by Gasteiger charge is -2.17. The lowest BCUT2D eigenvalue weighted by Crippen LogP contribution is -2.42. The quantitative estimate of drug-likeness (QED) is 0.522. The maximum Gasteiger partial charge on any atom is 0.324 e. The average Bonchev–Trinajstić information content (AvgIpc) is 2.90. The monoisotopic (exact) mass is 379 g/mol. The van der Waals surface area contributed by atoms with Crippen molar-refractivity contribution in [1.29, 1.82) is 0 Å². The van der Waals surface area contributed by atoms with Crippen LogP contribution >= 0.6 is 11.8 Å². The summed E-state index contributed by atoms with van der Waals surface area (Å²) in [6.07, 6.45) is 3.05. The smallest absolute Gasteiger partial charge is 0.324 e. The first-order valence-corrected chi connectivity index (χ1v) is 9.99. The average molecular weight is 379 g/mol. The molecule has 0 radical (unpaired) electrons. The fraction of sp³-hybridized carbons (Fsp3) is 0.500. The molecule has 0 aromatic heterocycles. The number of thioether (sulfide) groups is 1. The molecule has 1 aromatic carbocycles. The highest BCUT2D eigenvalue weighted by Crippen LogP contribution is 2.12. The number of rotatable bonds is 10. The number of imide groups is 1. The van der Waals surface area contributed by atoms with Crippen molar-refractivity contribution in [3.05, 3.63) is 35.9 Å². The Balaban J connectivity index is 1.84. The molecule has 2 rings (SSSR count). The molecule has 1 aromatic rings. The standard InChI is InChI=1S/C18H25N3O4S/c1-26-10-8-14(12-22)19-16(23)11-15-17(24)21(18(25)20-15)9-7-13-5-3-2-4-6-13/h2-6,14-15,22H,7-12H2,1H3,(H,19,23)(H,20,25). The highest BCUT2D eigenvalue weighted by atomic mass is 32.2. The Hall–Kier alpha value is -2.06. The largest absolute Gasteiger partial charge is 0.394 e. The lowest BCUT2D eigenvalue weighted by molar-refractivity contribution is -0.131. The third-order valence-corrected chi connectivity index (χ3v) is 4.86. The van der Waals surface area contributed by atoms with E-state index in [1.54, 1.807) is 11.8 Å². The summed E-state index contributed by atoms with van der Waals surface area (Å²) in [7, 11) is 0. The molecule has 2 atom stereocenters. The number of hydrogen-bond acceptors (Lipinski definition) is 5. The van der Waals surface area contributed by atoms with Crippen LogP contribution < -0.4 is 10.6 Å². The van der Waals surface area contributed by atoms with Crippen LogP contribution in [0, 0.1) is 0 Å². The molecule has 1 aliphatic heterocycles.